The minimum Gasteiger partial charge on any atom is -0.394 e. The maximum Gasteiger partial charge on any atom is 0.0926 e. The van der Waals surface area contributed by atoms with Gasteiger partial charge in [0.05, 0.1) is 30.5 Å². The van der Waals surface area contributed by atoms with Crippen LogP contribution in [0.25, 0.3) is 0 Å². The van der Waals surface area contributed by atoms with E-state index < -0.39 is 6.10 Å². The fourth-order valence-corrected chi connectivity index (χ4v) is 1.56. The molecule has 0 aromatic carbocycles. The summed E-state index contributed by atoms with van der Waals surface area (Å²) in [6.07, 6.45) is -0.613. The molecule has 0 amide bonds. The Labute approximate surface area is 58.0 Å². The topological polar surface area (TPSA) is 49.7 Å². The van der Waals surface area contributed by atoms with Crippen LogP contribution in [0, 0.1) is 0 Å². The molecule has 1 fully saturated rings. The Hall–Kier alpha value is 0.230. The molecular weight excluding hydrogens is 140 g/mol. The normalized spacial score (nSPS) is 30.7. The molecule has 1 aliphatic heterocycles. The second kappa shape index (κ2) is 3.41. The van der Waals surface area contributed by atoms with Crippen molar-refractivity contribution >= 4 is 11.8 Å². The van der Waals surface area contributed by atoms with Crippen molar-refractivity contribution in [3.63, 3.8) is 0 Å². The summed E-state index contributed by atoms with van der Waals surface area (Å²) in [7, 11) is 0. The van der Waals surface area contributed by atoms with E-state index in [1.807, 2.05) is 0 Å². The minimum absolute atomic E-state index is 0.0787. The number of hydrogen-bond donors (Lipinski definition) is 2. The summed E-state index contributed by atoms with van der Waals surface area (Å²) in [5.74, 6) is 0.641. The maximum atomic E-state index is 9.01. The van der Waals surface area contributed by atoms with Crippen LogP contribution in [0.2, 0.25) is 0 Å². The number of thioether (sulfide) groups is 1. The first-order chi connectivity index (χ1) is 4.34. The molecule has 4 heteroatoms. The summed E-state index contributed by atoms with van der Waals surface area (Å²) >= 11 is 1.54. The Morgan fingerprint density at radius 2 is 2.56 bits per heavy atom. The molecule has 0 aliphatic carbocycles. The fraction of sp³-hybridized carbons (Fsp3) is 1.00. The fourth-order valence-electron chi connectivity index (χ4n) is 0.688. The Bertz CT molecular complexity index is 82.3. The highest BCUT2D eigenvalue weighted by Crippen LogP contribution is 2.21. The Kier molecular flexibility index (Phi) is 2.78. The lowest BCUT2D eigenvalue weighted by atomic mass is 10.3. The number of hydrogen-bond acceptors (Lipinski definition) is 4. The van der Waals surface area contributed by atoms with E-state index in [0.717, 1.165) is 0 Å². The Balaban J connectivity index is 2.24. The second-order valence-electron chi connectivity index (χ2n) is 1.94. The van der Waals surface area contributed by atoms with Gasteiger partial charge in [-0.1, -0.05) is 0 Å². The number of aliphatic hydroxyl groups is 2. The zero-order chi connectivity index (χ0) is 6.69. The van der Waals surface area contributed by atoms with Gasteiger partial charge in [0, 0.05) is 0 Å². The summed E-state index contributed by atoms with van der Waals surface area (Å²) in [6, 6.07) is 0. The molecule has 0 spiro atoms. The van der Waals surface area contributed by atoms with Crippen LogP contribution in [0.4, 0.5) is 0 Å². The van der Waals surface area contributed by atoms with Crippen molar-refractivity contribution in [1.82, 2.24) is 0 Å². The third-order valence-electron chi connectivity index (χ3n) is 1.26. The summed E-state index contributed by atoms with van der Waals surface area (Å²) in [5, 5.41) is 17.6. The van der Waals surface area contributed by atoms with Gasteiger partial charge in [-0.05, 0) is 0 Å². The van der Waals surface area contributed by atoms with Crippen LogP contribution in [0.3, 0.4) is 0 Å². The van der Waals surface area contributed by atoms with E-state index in [1.165, 1.54) is 0 Å². The highest BCUT2D eigenvalue weighted by Gasteiger charge is 2.23. The molecule has 1 aliphatic rings. The molecule has 1 rings (SSSR count). The van der Waals surface area contributed by atoms with Crippen LogP contribution >= 0.6 is 11.8 Å². The van der Waals surface area contributed by atoms with Crippen molar-refractivity contribution in [1.29, 1.82) is 0 Å². The van der Waals surface area contributed by atoms with Crippen LogP contribution in [0.15, 0.2) is 0 Å². The third-order valence-corrected chi connectivity index (χ3v) is 2.44. The molecule has 0 aromatic heterocycles. The number of rotatable bonds is 2. The molecule has 9 heavy (non-hydrogen) atoms. The van der Waals surface area contributed by atoms with Gasteiger partial charge in [-0.3, -0.25) is 0 Å². The summed E-state index contributed by atoms with van der Waals surface area (Å²) in [5.41, 5.74) is 0. The van der Waals surface area contributed by atoms with E-state index in [4.69, 9.17) is 14.9 Å². The van der Waals surface area contributed by atoms with Gasteiger partial charge in [0.2, 0.25) is 0 Å². The average molecular weight is 150 g/mol. The van der Waals surface area contributed by atoms with Crippen molar-refractivity contribution in [2.75, 3.05) is 19.2 Å². The van der Waals surface area contributed by atoms with Crippen LogP contribution < -0.4 is 0 Å². The molecule has 2 atom stereocenters. The van der Waals surface area contributed by atoms with Gasteiger partial charge >= 0.3 is 0 Å². The molecule has 1 saturated heterocycles. The van der Waals surface area contributed by atoms with Crippen LogP contribution in [-0.2, 0) is 4.74 Å². The van der Waals surface area contributed by atoms with Gasteiger partial charge in [-0.2, -0.15) is 0 Å². The van der Waals surface area contributed by atoms with Crippen molar-refractivity contribution < 1.29 is 14.9 Å². The first-order valence-electron chi connectivity index (χ1n) is 2.83. The van der Waals surface area contributed by atoms with Crippen molar-refractivity contribution in [3.05, 3.63) is 0 Å². The molecule has 0 bridgehead atoms. The van der Waals surface area contributed by atoms with E-state index in [-0.39, 0.29) is 11.9 Å². The molecule has 3 nitrogen and oxygen atoms in total. The zero-order valence-electron chi connectivity index (χ0n) is 4.99. The van der Waals surface area contributed by atoms with Crippen molar-refractivity contribution in [2.45, 2.75) is 11.4 Å². The van der Waals surface area contributed by atoms with Crippen LogP contribution in [0.5, 0.6) is 0 Å². The van der Waals surface area contributed by atoms with Gasteiger partial charge in [-0.15, -0.1) is 11.8 Å². The van der Waals surface area contributed by atoms with E-state index >= 15 is 0 Å². The van der Waals surface area contributed by atoms with E-state index in [9.17, 15) is 0 Å². The summed E-state index contributed by atoms with van der Waals surface area (Å²) in [6.45, 7) is 0.396. The number of ether oxygens (including phenoxy) is 1. The van der Waals surface area contributed by atoms with Gasteiger partial charge in [0.1, 0.15) is 0 Å². The predicted octanol–water partition coefficient (Wildman–Crippen LogP) is -0.571. The van der Waals surface area contributed by atoms with Crippen molar-refractivity contribution in [3.8, 4) is 0 Å². The Morgan fingerprint density at radius 1 is 1.78 bits per heavy atom. The quantitative estimate of drug-likeness (QED) is 0.553. The molecular formula is C5H10O3S. The second-order valence-corrected chi connectivity index (χ2v) is 3.12. The standard InChI is InChI=1S/C5H10O3S/c6-1-4(7)5-2-8-3-9-5/h4-7H,1-3H2. The molecule has 2 N–H and O–H groups in total. The first kappa shape index (κ1) is 7.34. The average Bonchev–Trinajstić information content (AvgIpc) is 2.37. The van der Waals surface area contributed by atoms with Crippen molar-refractivity contribution in [2.24, 2.45) is 0 Å². The largest absolute Gasteiger partial charge is 0.394 e. The SMILES string of the molecule is OCC(O)C1COCS1. The Morgan fingerprint density at radius 3 is 3.00 bits per heavy atom. The smallest absolute Gasteiger partial charge is 0.0926 e. The molecule has 0 saturated carbocycles. The van der Waals surface area contributed by atoms with Gasteiger partial charge in [-0.25, -0.2) is 0 Å². The lowest BCUT2D eigenvalue weighted by molar-refractivity contribution is 0.0745. The molecule has 0 aromatic rings. The summed E-state index contributed by atoms with van der Waals surface area (Å²) < 4.78 is 4.97. The maximum absolute atomic E-state index is 9.01. The lowest BCUT2D eigenvalue weighted by Crippen LogP contribution is -2.27. The van der Waals surface area contributed by atoms with E-state index in [1.54, 1.807) is 11.8 Å². The monoisotopic (exact) mass is 150 g/mol. The van der Waals surface area contributed by atoms with E-state index in [0.29, 0.717) is 12.5 Å². The van der Waals surface area contributed by atoms with Gasteiger partial charge in [0.15, 0.2) is 0 Å². The predicted molar refractivity (Wildman–Crippen MR) is 35.3 cm³/mol. The molecule has 0 radical (unpaired) electrons. The number of aliphatic hydroxyl groups excluding tert-OH is 2. The first-order valence-corrected chi connectivity index (χ1v) is 3.87. The van der Waals surface area contributed by atoms with Gasteiger partial charge in [0.25, 0.3) is 0 Å². The van der Waals surface area contributed by atoms with Crippen LogP contribution in [-0.4, -0.2) is 40.7 Å². The van der Waals surface area contributed by atoms with E-state index in [2.05, 4.69) is 0 Å². The molecule has 1 heterocycles. The van der Waals surface area contributed by atoms with Crippen LogP contribution in [0.1, 0.15) is 0 Å². The summed E-state index contributed by atoms with van der Waals surface area (Å²) in [4.78, 5) is 0. The highest BCUT2D eigenvalue weighted by atomic mass is 32.2. The minimum atomic E-state index is -0.613. The highest BCUT2D eigenvalue weighted by molar-refractivity contribution is 8.00. The third kappa shape index (κ3) is 1.82. The molecule has 2 unspecified atom stereocenters. The lowest BCUT2D eigenvalue weighted by Gasteiger charge is -2.11. The van der Waals surface area contributed by atoms with Gasteiger partial charge < -0.3 is 14.9 Å². The molecule has 54 valence electrons. The zero-order valence-corrected chi connectivity index (χ0v) is 5.80.